The molecule has 0 aliphatic carbocycles. The Balaban J connectivity index is 1.65. The summed E-state index contributed by atoms with van der Waals surface area (Å²) in [5.74, 6) is -0.223. The highest BCUT2D eigenvalue weighted by Gasteiger charge is 2.11. The van der Waals surface area contributed by atoms with E-state index >= 15 is 0 Å². The molecular weight excluding hydrogens is 391 g/mol. The molecule has 0 saturated heterocycles. The van der Waals surface area contributed by atoms with Gasteiger partial charge in [-0.15, -0.1) is 0 Å². The molecule has 0 saturated carbocycles. The summed E-state index contributed by atoms with van der Waals surface area (Å²) in [5, 5.41) is 12.3. The van der Waals surface area contributed by atoms with E-state index in [9.17, 15) is 14.4 Å². The summed E-state index contributed by atoms with van der Waals surface area (Å²) in [6.45, 7) is 0.305. The fraction of sp³-hybridized carbons (Fsp3) is 0.0435. The number of hydrogen-bond acceptors (Lipinski definition) is 3. The molecule has 0 fully saturated rings. The molecule has 1 amide bonds. The largest absolute Gasteiger partial charge is 0.489 e. The summed E-state index contributed by atoms with van der Waals surface area (Å²) in [6.07, 6.45) is 1.48. The van der Waals surface area contributed by atoms with Gasteiger partial charge in [-0.25, -0.2) is 4.39 Å². The van der Waals surface area contributed by atoms with Crippen molar-refractivity contribution >= 4 is 29.3 Å². The van der Waals surface area contributed by atoms with Crippen molar-refractivity contribution in [3.63, 3.8) is 0 Å². The molecule has 0 radical (unpaired) electrons. The number of amides is 1. The molecule has 0 aliphatic rings. The van der Waals surface area contributed by atoms with Gasteiger partial charge < -0.3 is 10.1 Å². The van der Waals surface area contributed by atoms with E-state index in [1.165, 1.54) is 18.2 Å². The Morgan fingerprint density at radius 1 is 1.07 bits per heavy atom. The van der Waals surface area contributed by atoms with Gasteiger partial charge in [0.2, 0.25) is 0 Å². The number of nitriles is 1. The smallest absolute Gasteiger partial charge is 0.266 e. The normalized spacial score (nSPS) is 10.9. The summed E-state index contributed by atoms with van der Waals surface area (Å²) in [4.78, 5) is 12.3. The van der Waals surface area contributed by atoms with Crippen molar-refractivity contribution in [2.75, 3.05) is 5.32 Å². The van der Waals surface area contributed by atoms with Gasteiger partial charge in [-0.3, -0.25) is 4.79 Å². The van der Waals surface area contributed by atoms with Gasteiger partial charge in [0.15, 0.2) is 0 Å². The molecule has 0 aliphatic heterocycles. The minimum absolute atomic E-state index is 0.0510. The van der Waals surface area contributed by atoms with E-state index in [1.54, 1.807) is 60.7 Å². The second kappa shape index (κ2) is 9.54. The van der Waals surface area contributed by atoms with Crippen molar-refractivity contribution in [1.29, 1.82) is 5.26 Å². The van der Waals surface area contributed by atoms with Crippen molar-refractivity contribution in [2.45, 2.75) is 6.61 Å². The van der Waals surface area contributed by atoms with E-state index in [0.717, 1.165) is 5.56 Å². The second-order valence-corrected chi connectivity index (χ2v) is 6.50. The van der Waals surface area contributed by atoms with Crippen molar-refractivity contribution in [3.05, 3.63) is 100 Å². The minimum Gasteiger partial charge on any atom is -0.489 e. The van der Waals surface area contributed by atoms with Gasteiger partial charge in [0.25, 0.3) is 5.91 Å². The molecule has 0 unspecified atom stereocenters. The number of rotatable bonds is 6. The summed E-state index contributed by atoms with van der Waals surface area (Å²) < 4.78 is 18.6. The Morgan fingerprint density at radius 3 is 2.41 bits per heavy atom. The van der Waals surface area contributed by atoms with Gasteiger partial charge in [0.05, 0.1) is 10.7 Å². The number of ether oxygens (including phenoxy) is 1. The maximum absolute atomic E-state index is 12.9. The summed E-state index contributed by atoms with van der Waals surface area (Å²) >= 11 is 6.03. The van der Waals surface area contributed by atoms with Gasteiger partial charge in [-0.1, -0.05) is 48.0 Å². The third-order valence-corrected chi connectivity index (χ3v) is 4.33. The zero-order chi connectivity index (χ0) is 20.6. The van der Waals surface area contributed by atoms with Gasteiger partial charge in [-0.05, 0) is 53.6 Å². The second-order valence-electron chi connectivity index (χ2n) is 6.09. The number of anilines is 1. The molecule has 0 heterocycles. The van der Waals surface area contributed by atoms with Crippen LogP contribution in [0.4, 0.5) is 10.1 Å². The lowest BCUT2D eigenvalue weighted by atomic mass is 10.1. The van der Waals surface area contributed by atoms with Crippen molar-refractivity contribution in [3.8, 4) is 11.8 Å². The minimum atomic E-state index is -0.544. The average Bonchev–Trinajstić information content (AvgIpc) is 2.74. The Hall–Kier alpha value is -3.62. The molecule has 3 aromatic rings. The van der Waals surface area contributed by atoms with E-state index in [0.29, 0.717) is 28.6 Å². The number of benzene rings is 3. The third-order valence-electron chi connectivity index (χ3n) is 4.00. The Morgan fingerprint density at radius 2 is 1.76 bits per heavy atom. The fourth-order valence-corrected chi connectivity index (χ4v) is 2.66. The molecule has 0 atom stereocenters. The highest BCUT2D eigenvalue weighted by atomic mass is 35.5. The molecule has 0 aromatic heterocycles. The van der Waals surface area contributed by atoms with Crippen LogP contribution in [-0.2, 0) is 11.4 Å². The SMILES string of the molecule is N#C/C(=C\c1ccc(OCc2ccc(F)cc2)cc1)C(=O)Nc1ccccc1Cl. The van der Waals surface area contributed by atoms with Crippen LogP contribution in [0, 0.1) is 17.1 Å². The highest BCUT2D eigenvalue weighted by molar-refractivity contribution is 6.34. The molecule has 0 spiro atoms. The van der Waals surface area contributed by atoms with Crippen LogP contribution in [0.15, 0.2) is 78.4 Å². The summed E-state index contributed by atoms with van der Waals surface area (Å²) in [6, 6.07) is 21.7. The van der Waals surface area contributed by atoms with E-state index in [1.807, 2.05) is 6.07 Å². The molecule has 0 bridgehead atoms. The first-order valence-corrected chi connectivity index (χ1v) is 9.08. The van der Waals surface area contributed by atoms with Crippen LogP contribution in [0.2, 0.25) is 5.02 Å². The van der Waals surface area contributed by atoms with Gasteiger partial charge in [-0.2, -0.15) is 5.26 Å². The monoisotopic (exact) mass is 406 g/mol. The number of halogens is 2. The maximum Gasteiger partial charge on any atom is 0.266 e. The van der Waals surface area contributed by atoms with Crippen LogP contribution >= 0.6 is 11.6 Å². The van der Waals surface area contributed by atoms with E-state index < -0.39 is 5.91 Å². The molecule has 4 nitrogen and oxygen atoms in total. The summed E-state index contributed by atoms with van der Waals surface area (Å²) in [7, 11) is 0. The molecule has 29 heavy (non-hydrogen) atoms. The maximum atomic E-state index is 12.9. The van der Waals surface area contributed by atoms with Gasteiger partial charge in [0, 0.05) is 0 Å². The van der Waals surface area contributed by atoms with Crippen molar-refractivity contribution < 1.29 is 13.9 Å². The third kappa shape index (κ3) is 5.68. The van der Waals surface area contributed by atoms with Crippen LogP contribution in [0.5, 0.6) is 5.75 Å². The van der Waals surface area contributed by atoms with Crippen molar-refractivity contribution in [1.82, 2.24) is 0 Å². The van der Waals surface area contributed by atoms with E-state index in [2.05, 4.69) is 5.32 Å². The molecule has 3 rings (SSSR count). The van der Waals surface area contributed by atoms with Crippen LogP contribution in [0.3, 0.4) is 0 Å². The molecule has 3 aromatic carbocycles. The standard InChI is InChI=1S/C23H16ClFN2O2/c24-21-3-1-2-4-22(21)27-23(28)18(14-26)13-16-7-11-20(12-8-16)29-15-17-5-9-19(25)10-6-17/h1-13H,15H2,(H,27,28)/b18-13+. The van der Waals surface area contributed by atoms with Crippen LogP contribution in [0.1, 0.15) is 11.1 Å². The lowest BCUT2D eigenvalue weighted by Crippen LogP contribution is -2.13. The van der Waals surface area contributed by atoms with Crippen LogP contribution < -0.4 is 10.1 Å². The Bertz CT molecular complexity index is 1070. The first kappa shape index (κ1) is 20.1. The number of carbonyl (C=O) groups is 1. The zero-order valence-corrected chi connectivity index (χ0v) is 16.0. The lowest BCUT2D eigenvalue weighted by molar-refractivity contribution is -0.112. The molecule has 144 valence electrons. The number of hydrogen-bond donors (Lipinski definition) is 1. The van der Waals surface area contributed by atoms with Crippen LogP contribution in [-0.4, -0.2) is 5.91 Å². The van der Waals surface area contributed by atoms with E-state index in [4.69, 9.17) is 16.3 Å². The van der Waals surface area contributed by atoms with Gasteiger partial charge in [0.1, 0.15) is 29.8 Å². The number of carbonyl (C=O) groups excluding carboxylic acids is 1. The molecule has 6 heteroatoms. The number of para-hydroxylation sites is 1. The lowest BCUT2D eigenvalue weighted by Gasteiger charge is -2.07. The predicted octanol–water partition coefficient (Wildman–Crippen LogP) is 5.60. The number of nitrogens with one attached hydrogen (secondary N) is 1. The molecular formula is C23H16ClFN2O2. The zero-order valence-electron chi connectivity index (χ0n) is 15.2. The fourth-order valence-electron chi connectivity index (χ4n) is 2.48. The van der Waals surface area contributed by atoms with Gasteiger partial charge >= 0.3 is 0 Å². The topological polar surface area (TPSA) is 62.1 Å². The first-order chi connectivity index (χ1) is 14.0. The molecule has 1 N–H and O–H groups in total. The van der Waals surface area contributed by atoms with Crippen LogP contribution in [0.25, 0.3) is 6.08 Å². The summed E-state index contributed by atoms with van der Waals surface area (Å²) in [5.41, 5.74) is 1.90. The number of nitrogens with zero attached hydrogens (tertiary/aromatic N) is 1. The predicted molar refractivity (Wildman–Crippen MR) is 111 cm³/mol. The van der Waals surface area contributed by atoms with E-state index in [-0.39, 0.29) is 11.4 Å². The Kier molecular flexibility index (Phi) is 6.62. The Labute approximate surface area is 172 Å². The quantitative estimate of drug-likeness (QED) is 0.428. The highest BCUT2D eigenvalue weighted by Crippen LogP contribution is 2.22. The van der Waals surface area contributed by atoms with Crippen molar-refractivity contribution in [2.24, 2.45) is 0 Å². The average molecular weight is 407 g/mol. The first-order valence-electron chi connectivity index (χ1n) is 8.70.